The van der Waals surface area contributed by atoms with Gasteiger partial charge < -0.3 is 134 Å². The second kappa shape index (κ2) is 70.2. The third kappa shape index (κ3) is 62.0. The van der Waals surface area contributed by atoms with Crippen molar-refractivity contribution < 1.29 is 57.5 Å². The van der Waals surface area contributed by atoms with Gasteiger partial charge in [-0.05, 0) is 161 Å². The van der Waals surface area contributed by atoms with Gasteiger partial charge >= 0.3 is 0 Å². The number of aliphatic imine (C=N–C) groups is 8. The molecule has 0 saturated heterocycles. The molecule has 0 aliphatic rings. The number of carbonyl (C=O) groups is 12. The van der Waals surface area contributed by atoms with E-state index in [4.69, 9.17) is 91.7 Å². The normalized spacial score (nSPS) is 12.8. The lowest BCUT2D eigenvalue weighted by Crippen LogP contribution is -2.49. The molecule has 0 rings (SSSR count). The molecule has 7 amide bonds. The summed E-state index contributed by atoms with van der Waals surface area (Å²) < 4.78 is 0. The van der Waals surface area contributed by atoms with Gasteiger partial charge in [-0.1, -0.05) is 39.5 Å². The first-order chi connectivity index (χ1) is 58.9. The zero-order valence-electron chi connectivity index (χ0n) is 73.9. The van der Waals surface area contributed by atoms with Gasteiger partial charge in [0.15, 0.2) is 47.7 Å². The van der Waals surface area contributed by atoms with E-state index in [0.717, 1.165) is 0 Å². The molecule has 0 radical (unpaired) electrons. The Bertz CT molecular complexity index is 3430. The Labute approximate surface area is 731 Å². The highest BCUT2D eigenvalue weighted by molar-refractivity contribution is 5.94. The Morgan fingerprint density at radius 1 is 0.234 bits per heavy atom. The van der Waals surface area contributed by atoms with Crippen molar-refractivity contribution in [2.75, 3.05) is 85.6 Å². The van der Waals surface area contributed by atoms with E-state index in [1.54, 1.807) is 20.9 Å². The molecule has 0 aromatic heterocycles. The summed E-state index contributed by atoms with van der Waals surface area (Å²) >= 11 is 0. The number of likely N-dealkylation sites (N-methyl/N-ethyl adjacent to an activating group) is 1. The number of hydrogen-bond donors (Lipinski definition) is 24. The molecule has 0 aromatic rings. The van der Waals surface area contributed by atoms with Crippen LogP contribution in [0.25, 0.3) is 0 Å². The SMILES string of the molecule is CNC(CCCN=C(N)N)C(=O)NCCCCCC(=O)CC(CCCN=C(N)N)C(=O)NC(CCCN=C(N)N)C(=O)NCCCCCC(=O)CC(CCCN=C(N)N)C(=O)NC(CCCN=C(N)N)C(=O)NCCCCCC(=O)CC(CCCN=C(N)N)C(=O)NC(CCCN=C(N)N)C(=O)NCCCCCC(=O)CC(CCCN=C(N)N)C(=O)C(C)C. The standard InChI is InChI=1S/C80H154N32O12/c1-52(2)65(117)53(24-16-40-102-73(81)82)48-57(113)28-8-4-13-37-99-70(122)62(33-21-45-107-78(91)92)110-67(119)55(26-18-42-104-75(85)86)50-59(115)30-10-6-15-39-101-72(124)64(35-23-47-109-80(95)96)112-68(120)56(27-19-43-105-76(87)88)51-60(116)31-11-7-14-38-100-71(123)63(34-22-46-108-79(93)94)111-66(118)54(25-17-41-103-74(83)84)49-58(114)29-9-5-12-36-98-69(121)61(97-3)32-20-44-106-77(89)90/h52-56,61-64,97H,4-51H2,1-3H3,(H,98,121)(H,99,122)(H,100,123)(H,101,124)(H,110,119)(H,111,118)(H,112,120)(H4,81,82,102)(H4,83,84,103)(H4,85,86,104)(H4,87,88,105)(H4,89,90,106)(H4,91,92,107)(H4,93,94,108)(H4,95,96,109). The van der Waals surface area contributed by atoms with Crippen molar-refractivity contribution in [2.45, 2.75) is 269 Å². The molecule has 8 unspecified atom stereocenters. The second-order valence-corrected chi connectivity index (χ2v) is 31.3. The Balaban J connectivity index is 6.05. The maximum atomic E-state index is 14.3. The van der Waals surface area contributed by atoms with E-state index >= 15 is 0 Å². The number of Topliss-reactive ketones (excluding diaryl/α,β-unsaturated/α-hetero) is 5. The van der Waals surface area contributed by atoms with Gasteiger partial charge in [-0.3, -0.25) is 97.5 Å². The van der Waals surface area contributed by atoms with Crippen molar-refractivity contribution in [1.29, 1.82) is 0 Å². The van der Waals surface area contributed by atoms with Crippen molar-refractivity contribution in [1.82, 2.24) is 42.5 Å². The molecular formula is C80H154N32O12. The zero-order chi connectivity index (χ0) is 93.0. The number of nitrogens with two attached hydrogens (primary N) is 16. The first-order valence-corrected chi connectivity index (χ1v) is 43.7. The van der Waals surface area contributed by atoms with Gasteiger partial charge in [0, 0.05) is 159 Å². The minimum absolute atomic E-state index is 0.0107. The largest absolute Gasteiger partial charge is 0.370 e. The number of guanidine groups is 8. The lowest BCUT2D eigenvalue weighted by Gasteiger charge is -2.22. The van der Waals surface area contributed by atoms with Crippen molar-refractivity contribution in [3.63, 3.8) is 0 Å². The maximum Gasteiger partial charge on any atom is 0.242 e. The number of carbonyl (C=O) groups excluding carboxylic acids is 12. The molecule has 0 saturated carbocycles. The van der Waals surface area contributed by atoms with E-state index in [1.165, 1.54) is 0 Å². The van der Waals surface area contributed by atoms with Crippen molar-refractivity contribution in [3.8, 4) is 0 Å². The Morgan fingerprint density at radius 3 is 0.637 bits per heavy atom. The van der Waals surface area contributed by atoms with E-state index in [2.05, 4.69) is 82.5 Å². The Morgan fingerprint density at radius 2 is 0.427 bits per heavy atom. The third-order valence-electron chi connectivity index (χ3n) is 20.1. The predicted octanol–water partition coefficient (Wildman–Crippen LogP) is -3.31. The van der Waals surface area contributed by atoms with Crippen molar-refractivity contribution >= 4 is 118 Å². The van der Waals surface area contributed by atoms with E-state index in [1.807, 2.05) is 0 Å². The smallest absolute Gasteiger partial charge is 0.242 e. The van der Waals surface area contributed by atoms with Gasteiger partial charge in [-0.25, -0.2) is 0 Å². The fourth-order valence-electron chi connectivity index (χ4n) is 13.4. The molecule has 706 valence electrons. The highest BCUT2D eigenvalue weighted by atomic mass is 16.2. The van der Waals surface area contributed by atoms with Crippen LogP contribution in [0, 0.1) is 29.6 Å². The van der Waals surface area contributed by atoms with Gasteiger partial charge in [-0.2, -0.15) is 0 Å². The van der Waals surface area contributed by atoms with E-state index in [-0.39, 0.29) is 244 Å². The molecule has 8 atom stereocenters. The summed E-state index contributed by atoms with van der Waals surface area (Å²) in [4.78, 5) is 196. The number of hydrogen-bond acceptors (Lipinski definition) is 21. The lowest BCUT2D eigenvalue weighted by atomic mass is 9.86. The van der Waals surface area contributed by atoms with E-state index in [9.17, 15) is 57.5 Å². The number of amides is 7. The van der Waals surface area contributed by atoms with Crippen LogP contribution in [0.5, 0.6) is 0 Å². The van der Waals surface area contributed by atoms with Crippen LogP contribution in [0.4, 0.5) is 0 Å². The van der Waals surface area contributed by atoms with Crippen LogP contribution in [0.3, 0.4) is 0 Å². The fourth-order valence-corrected chi connectivity index (χ4v) is 13.4. The lowest BCUT2D eigenvalue weighted by molar-refractivity contribution is -0.133. The molecule has 0 fully saturated rings. The van der Waals surface area contributed by atoms with Gasteiger partial charge in [-0.15, -0.1) is 0 Å². The molecule has 124 heavy (non-hydrogen) atoms. The predicted molar refractivity (Wildman–Crippen MR) is 486 cm³/mol. The number of nitrogens with one attached hydrogen (secondary N) is 8. The van der Waals surface area contributed by atoms with E-state index < -0.39 is 83.3 Å². The van der Waals surface area contributed by atoms with Gasteiger partial charge in [0.2, 0.25) is 41.4 Å². The molecule has 0 heterocycles. The first-order valence-electron chi connectivity index (χ1n) is 43.7. The number of unbranched alkanes of at least 4 members (excludes halogenated alkanes) is 8. The van der Waals surface area contributed by atoms with Crippen LogP contribution in [0.1, 0.15) is 245 Å². The molecule has 0 aromatic carbocycles. The van der Waals surface area contributed by atoms with Crippen LogP contribution in [-0.2, 0) is 57.5 Å². The van der Waals surface area contributed by atoms with Gasteiger partial charge in [0.05, 0.1) is 6.04 Å². The van der Waals surface area contributed by atoms with Crippen LogP contribution in [0.15, 0.2) is 39.9 Å². The number of rotatable bonds is 77. The van der Waals surface area contributed by atoms with Crippen LogP contribution >= 0.6 is 0 Å². The molecule has 0 spiro atoms. The molecule has 40 N–H and O–H groups in total. The summed E-state index contributed by atoms with van der Waals surface area (Å²) in [7, 11) is 1.69. The van der Waals surface area contributed by atoms with Crippen LogP contribution in [-0.4, -0.2) is 228 Å². The van der Waals surface area contributed by atoms with Crippen molar-refractivity contribution in [2.24, 2.45) is 161 Å². The minimum Gasteiger partial charge on any atom is -0.370 e. The summed E-state index contributed by atoms with van der Waals surface area (Å²) in [6.45, 7) is 6.39. The maximum absolute atomic E-state index is 14.3. The summed E-state index contributed by atoms with van der Waals surface area (Å²) in [6.07, 6.45) is 11.6. The molecule has 0 bridgehead atoms. The highest BCUT2D eigenvalue weighted by Gasteiger charge is 2.32. The first kappa shape index (κ1) is 113. The topological polar surface area (TPSA) is 816 Å². The quantitative estimate of drug-likeness (QED) is 0.0161. The molecular weight excluding hydrogens is 1600 g/mol. The summed E-state index contributed by atoms with van der Waals surface area (Å²) in [5.41, 5.74) is 88.5. The molecule has 44 nitrogen and oxygen atoms in total. The average molecular weight is 1760 g/mol. The van der Waals surface area contributed by atoms with Crippen LogP contribution < -0.4 is 134 Å². The molecule has 0 aliphatic carbocycles. The Hall–Kier alpha value is -11.2. The zero-order valence-corrected chi connectivity index (χ0v) is 73.9. The third-order valence-corrected chi connectivity index (χ3v) is 20.1. The van der Waals surface area contributed by atoms with Crippen LogP contribution in [0.2, 0.25) is 0 Å². The summed E-state index contributed by atoms with van der Waals surface area (Å²) in [6, 6.07) is -3.55. The van der Waals surface area contributed by atoms with Gasteiger partial charge in [0.1, 0.15) is 47.0 Å². The average Bonchev–Trinajstić information content (AvgIpc) is 0.898. The van der Waals surface area contributed by atoms with Crippen molar-refractivity contribution in [3.05, 3.63) is 0 Å². The Kier molecular flexibility index (Phi) is 63.8. The summed E-state index contributed by atoms with van der Waals surface area (Å²) in [5, 5.41) is 23.1. The second-order valence-electron chi connectivity index (χ2n) is 31.3. The number of ketones is 5. The van der Waals surface area contributed by atoms with Gasteiger partial charge in [0.25, 0.3) is 0 Å². The number of nitrogens with zero attached hydrogens (tertiary/aromatic N) is 8. The monoisotopic (exact) mass is 1760 g/mol. The molecule has 44 heteroatoms. The fraction of sp³-hybridized carbons (Fsp3) is 0.750. The molecule has 0 aliphatic heterocycles. The highest BCUT2D eigenvalue weighted by Crippen LogP contribution is 2.23. The minimum atomic E-state index is -1.07. The van der Waals surface area contributed by atoms with E-state index in [0.29, 0.717) is 154 Å². The summed E-state index contributed by atoms with van der Waals surface area (Å²) in [5.74, 6) is -8.01.